The summed E-state index contributed by atoms with van der Waals surface area (Å²) in [6, 6.07) is 13.2. The van der Waals surface area contributed by atoms with Crippen molar-refractivity contribution >= 4 is 23.3 Å². The summed E-state index contributed by atoms with van der Waals surface area (Å²) in [5.74, 6) is 1.42. The SMILES string of the molecule is COc1cc(/C=C(\C#N)c2nc(-c3ccc(C)cc3)no2)cc(Cl)c1OC. The lowest BCUT2D eigenvalue weighted by molar-refractivity contribution is 0.355. The molecule has 136 valence electrons. The van der Waals surface area contributed by atoms with Crippen LogP contribution >= 0.6 is 11.6 Å². The minimum absolute atomic E-state index is 0.124. The van der Waals surface area contributed by atoms with E-state index in [0.29, 0.717) is 27.9 Å². The van der Waals surface area contributed by atoms with Crippen molar-refractivity contribution in [3.63, 3.8) is 0 Å². The van der Waals surface area contributed by atoms with Gasteiger partial charge in [-0.1, -0.05) is 46.6 Å². The van der Waals surface area contributed by atoms with Crippen molar-refractivity contribution in [2.24, 2.45) is 0 Å². The molecule has 0 fully saturated rings. The normalized spacial score (nSPS) is 11.1. The van der Waals surface area contributed by atoms with Gasteiger partial charge in [-0.2, -0.15) is 10.2 Å². The van der Waals surface area contributed by atoms with Crippen LogP contribution in [0.2, 0.25) is 5.02 Å². The average Bonchev–Trinajstić information content (AvgIpc) is 3.16. The van der Waals surface area contributed by atoms with Crippen LogP contribution in [-0.2, 0) is 0 Å². The van der Waals surface area contributed by atoms with E-state index in [2.05, 4.69) is 16.2 Å². The molecule has 0 unspecified atom stereocenters. The van der Waals surface area contributed by atoms with E-state index in [-0.39, 0.29) is 11.5 Å². The molecule has 7 heteroatoms. The molecule has 0 atom stereocenters. The summed E-state index contributed by atoms with van der Waals surface area (Å²) in [5, 5.41) is 13.8. The van der Waals surface area contributed by atoms with Gasteiger partial charge in [0.1, 0.15) is 11.6 Å². The van der Waals surface area contributed by atoms with Gasteiger partial charge in [0.2, 0.25) is 5.82 Å². The summed E-state index contributed by atoms with van der Waals surface area (Å²) in [5.41, 5.74) is 2.79. The number of hydrogen-bond donors (Lipinski definition) is 0. The Kier molecular flexibility index (Phi) is 5.43. The largest absolute Gasteiger partial charge is 0.493 e. The predicted octanol–water partition coefficient (Wildman–Crippen LogP) is 4.78. The zero-order valence-corrected chi connectivity index (χ0v) is 15.7. The number of benzene rings is 2. The van der Waals surface area contributed by atoms with Crippen molar-refractivity contribution in [3.05, 3.63) is 58.4 Å². The molecule has 0 spiro atoms. The molecule has 1 heterocycles. The molecular weight excluding hydrogens is 366 g/mol. The Morgan fingerprint density at radius 2 is 1.93 bits per heavy atom. The van der Waals surface area contributed by atoms with E-state index in [0.717, 1.165) is 11.1 Å². The minimum atomic E-state index is 0.124. The van der Waals surface area contributed by atoms with Gasteiger partial charge in [-0.3, -0.25) is 0 Å². The van der Waals surface area contributed by atoms with E-state index in [1.54, 1.807) is 18.2 Å². The summed E-state index contributed by atoms with van der Waals surface area (Å²) in [7, 11) is 3.02. The first-order chi connectivity index (χ1) is 13.0. The second-order valence-electron chi connectivity index (χ2n) is 5.70. The molecule has 0 aliphatic heterocycles. The molecule has 0 bridgehead atoms. The number of halogens is 1. The Labute approximate surface area is 161 Å². The number of allylic oxidation sites excluding steroid dienone is 1. The molecule has 0 N–H and O–H groups in total. The smallest absolute Gasteiger partial charge is 0.268 e. The molecule has 6 nitrogen and oxygen atoms in total. The lowest BCUT2D eigenvalue weighted by Gasteiger charge is -2.10. The van der Waals surface area contributed by atoms with E-state index < -0.39 is 0 Å². The van der Waals surface area contributed by atoms with Crippen molar-refractivity contribution in [2.75, 3.05) is 14.2 Å². The van der Waals surface area contributed by atoms with Gasteiger partial charge in [-0.25, -0.2) is 0 Å². The second-order valence-corrected chi connectivity index (χ2v) is 6.10. The standard InChI is InChI=1S/C20H16ClN3O3/c1-12-4-6-14(7-5-12)19-23-20(27-24-19)15(11-22)8-13-9-16(21)18(26-3)17(10-13)25-2/h4-10H,1-3H3/b15-8+. The highest BCUT2D eigenvalue weighted by Crippen LogP contribution is 2.37. The van der Waals surface area contributed by atoms with Crippen LogP contribution in [0.4, 0.5) is 0 Å². The highest BCUT2D eigenvalue weighted by molar-refractivity contribution is 6.32. The fraction of sp³-hybridized carbons (Fsp3) is 0.150. The van der Waals surface area contributed by atoms with Gasteiger partial charge in [0.15, 0.2) is 11.5 Å². The van der Waals surface area contributed by atoms with Gasteiger partial charge >= 0.3 is 0 Å². The summed E-state index contributed by atoms with van der Waals surface area (Å²) >= 11 is 6.21. The summed E-state index contributed by atoms with van der Waals surface area (Å²) in [4.78, 5) is 4.32. The van der Waals surface area contributed by atoms with E-state index in [4.69, 9.17) is 25.6 Å². The van der Waals surface area contributed by atoms with Gasteiger partial charge in [-0.05, 0) is 30.7 Å². The van der Waals surface area contributed by atoms with Crippen molar-refractivity contribution in [3.8, 4) is 29.0 Å². The predicted molar refractivity (Wildman–Crippen MR) is 103 cm³/mol. The lowest BCUT2D eigenvalue weighted by atomic mass is 10.1. The van der Waals surface area contributed by atoms with E-state index in [1.165, 1.54) is 14.2 Å². The number of aryl methyl sites for hydroxylation is 1. The third-order valence-electron chi connectivity index (χ3n) is 3.85. The number of methoxy groups -OCH3 is 2. The quantitative estimate of drug-likeness (QED) is 0.591. The van der Waals surface area contributed by atoms with Gasteiger partial charge in [0.25, 0.3) is 5.89 Å². The van der Waals surface area contributed by atoms with Gasteiger partial charge in [0.05, 0.1) is 19.2 Å². The number of hydrogen-bond acceptors (Lipinski definition) is 6. The Bertz CT molecular complexity index is 1030. The number of rotatable bonds is 5. The van der Waals surface area contributed by atoms with Crippen LogP contribution < -0.4 is 9.47 Å². The van der Waals surface area contributed by atoms with E-state index >= 15 is 0 Å². The maximum Gasteiger partial charge on any atom is 0.268 e. The fourth-order valence-corrected chi connectivity index (χ4v) is 2.78. The molecule has 0 saturated carbocycles. The van der Waals surface area contributed by atoms with Gasteiger partial charge in [0, 0.05) is 5.56 Å². The van der Waals surface area contributed by atoms with Crippen LogP contribution in [0.25, 0.3) is 23.0 Å². The molecule has 3 aromatic rings. The Morgan fingerprint density at radius 3 is 2.56 bits per heavy atom. The molecule has 2 aromatic carbocycles. The van der Waals surface area contributed by atoms with E-state index in [9.17, 15) is 5.26 Å². The number of ether oxygens (including phenoxy) is 2. The van der Waals surface area contributed by atoms with Crippen molar-refractivity contribution < 1.29 is 14.0 Å². The summed E-state index contributed by atoms with van der Waals surface area (Å²) in [6.07, 6.45) is 1.60. The highest BCUT2D eigenvalue weighted by Gasteiger charge is 2.15. The first-order valence-electron chi connectivity index (χ1n) is 8.00. The lowest BCUT2D eigenvalue weighted by Crippen LogP contribution is -1.92. The molecule has 0 saturated heterocycles. The first-order valence-corrected chi connectivity index (χ1v) is 8.38. The van der Waals surface area contributed by atoms with Crippen LogP contribution in [0.3, 0.4) is 0 Å². The van der Waals surface area contributed by atoms with Crippen LogP contribution in [-0.4, -0.2) is 24.4 Å². The Hall–Kier alpha value is -3.30. The zero-order valence-electron chi connectivity index (χ0n) is 15.0. The topological polar surface area (TPSA) is 81.2 Å². The third-order valence-corrected chi connectivity index (χ3v) is 4.13. The number of nitriles is 1. The number of aromatic nitrogens is 2. The minimum Gasteiger partial charge on any atom is -0.493 e. The third kappa shape index (κ3) is 3.94. The summed E-state index contributed by atoms with van der Waals surface area (Å²) < 4.78 is 15.8. The highest BCUT2D eigenvalue weighted by atomic mass is 35.5. The maximum absolute atomic E-state index is 9.52. The van der Waals surface area contributed by atoms with Crippen molar-refractivity contribution in [1.82, 2.24) is 10.1 Å². The fourth-order valence-electron chi connectivity index (χ4n) is 2.48. The molecule has 1 aromatic heterocycles. The molecule has 0 aliphatic carbocycles. The Balaban J connectivity index is 1.97. The van der Waals surface area contributed by atoms with Crippen molar-refractivity contribution in [2.45, 2.75) is 6.92 Å². The molecule has 27 heavy (non-hydrogen) atoms. The molecule has 0 radical (unpaired) electrons. The van der Waals surface area contributed by atoms with Crippen LogP contribution in [0, 0.1) is 18.3 Å². The summed E-state index contributed by atoms with van der Waals surface area (Å²) in [6.45, 7) is 2.00. The zero-order chi connectivity index (χ0) is 19.4. The molecule has 3 rings (SSSR count). The molecular formula is C20H16ClN3O3. The van der Waals surface area contributed by atoms with Crippen LogP contribution in [0.1, 0.15) is 17.0 Å². The Morgan fingerprint density at radius 1 is 1.19 bits per heavy atom. The molecule has 0 aliphatic rings. The first kappa shape index (κ1) is 18.5. The average molecular weight is 382 g/mol. The van der Waals surface area contributed by atoms with E-state index in [1.807, 2.05) is 31.2 Å². The van der Waals surface area contributed by atoms with Crippen molar-refractivity contribution in [1.29, 1.82) is 5.26 Å². The maximum atomic E-state index is 9.52. The van der Waals surface area contributed by atoms with Gasteiger partial charge < -0.3 is 14.0 Å². The number of nitrogens with zero attached hydrogens (tertiary/aromatic N) is 3. The van der Waals surface area contributed by atoms with Crippen LogP contribution in [0.5, 0.6) is 11.5 Å². The molecule has 0 amide bonds. The second kappa shape index (κ2) is 7.94. The monoisotopic (exact) mass is 381 g/mol. The van der Waals surface area contributed by atoms with Crippen LogP contribution in [0.15, 0.2) is 40.9 Å². The van der Waals surface area contributed by atoms with Gasteiger partial charge in [-0.15, -0.1) is 0 Å².